The summed E-state index contributed by atoms with van der Waals surface area (Å²) in [4.78, 5) is 28.6. The molecular weight excluding hydrogens is 428 g/mol. The molecule has 4 aliphatic heterocycles. The van der Waals surface area contributed by atoms with Gasteiger partial charge in [0, 0.05) is 35.6 Å². The SMILES string of the molecule is COc1cc(NC(=O)[C@@H]2[C@@H]3C=C[C@@]4(CN(c5ccc6c(c5)OCO6)C(=O)[C@@H]24)O3)cc(OC)c1. The molecule has 2 saturated heterocycles. The van der Waals surface area contributed by atoms with Gasteiger partial charge in [-0.05, 0) is 12.1 Å². The Bertz CT molecular complexity index is 1170. The highest BCUT2D eigenvalue weighted by Crippen LogP contribution is 2.53. The first-order valence-electron chi connectivity index (χ1n) is 10.6. The highest BCUT2D eigenvalue weighted by atomic mass is 16.7. The minimum Gasteiger partial charge on any atom is -0.497 e. The average Bonchev–Trinajstić information content (AvgIpc) is 3.58. The van der Waals surface area contributed by atoms with E-state index in [1.165, 1.54) is 0 Å². The van der Waals surface area contributed by atoms with E-state index < -0.39 is 23.5 Å². The fourth-order valence-corrected chi connectivity index (χ4v) is 5.17. The highest BCUT2D eigenvalue weighted by Gasteiger charge is 2.67. The predicted molar refractivity (Wildman–Crippen MR) is 117 cm³/mol. The van der Waals surface area contributed by atoms with Crippen LogP contribution >= 0.6 is 0 Å². The second-order valence-corrected chi connectivity index (χ2v) is 8.45. The fraction of sp³-hybridized carbons (Fsp3) is 0.333. The van der Waals surface area contributed by atoms with Crippen LogP contribution < -0.4 is 29.2 Å². The lowest BCUT2D eigenvalue weighted by molar-refractivity contribution is -0.128. The monoisotopic (exact) mass is 450 g/mol. The van der Waals surface area contributed by atoms with Gasteiger partial charge in [-0.3, -0.25) is 9.59 Å². The summed E-state index contributed by atoms with van der Waals surface area (Å²) >= 11 is 0. The van der Waals surface area contributed by atoms with Gasteiger partial charge in [-0.15, -0.1) is 0 Å². The highest BCUT2D eigenvalue weighted by molar-refractivity contribution is 6.05. The summed E-state index contributed by atoms with van der Waals surface area (Å²) in [5.41, 5.74) is 0.381. The second-order valence-electron chi connectivity index (χ2n) is 8.45. The third kappa shape index (κ3) is 2.96. The van der Waals surface area contributed by atoms with E-state index in [4.69, 9.17) is 23.7 Å². The van der Waals surface area contributed by atoms with Crippen LogP contribution in [0.3, 0.4) is 0 Å². The molecule has 33 heavy (non-hydrogen) atoms. The van der Waals surface area contributed by atoms with Crippen LogP contribution in [0.2, 0.25) is 0 Å². The van der Waals surface area contributed by atoms with Crippen LogP contribution in [0.15, 0.2) is 48.6 Å². The third-order valence-corrected chi connectivity index (χ3v) is 6.69. The van der Waals surface area contributed by atoms with E-state index in [0.29, 0.717) is 40.9 Å². The lowest BCUT2D eigenvalue weighted by atomic mass is 9.77. The molecule has 1 spiro atoms. The van der Waals surface area contributed by atoms with Crippen LogP contribution in [0.5, 0.6) is 23.0 Å². The molecule has 6 rings (SSSR count). The molecule has 0 radical (unpaired) electrons. The topological polar surface area (TPSA) is 95.6 Å². The van der Waals surface area contributed by atoms with Gasteiger partial charge in [0.25, 0.3) is 0 Å². The Morgan fingerprint density at radius 1 is 1.09 bits per heavy atom. The van der Waals surface area contributed by atoms with E-state index in [0.717, 1.165) is 0 Å². The standard InChI is InChI=1S/C24H22N2O7/c1-29-15-7-13(8-16(10-15)30-2)25-22(27)20-18-5-6-24(33-18)11-26(23(28)21(20)24)14-3-4-17-19(9-14)32-12-31-17/h3-10,18,20-21H,11-12H2,1-2H3,(H,25,27)/t18-,20+,21+,24-/m0/s1. The summed E-state index contributed by atoms with van der Waals surface area (Å²) in [6, 6.07) is 10.5. The number of fused-ring (bicyclic) bond motifs is 2. The molecule has 1 N–H and O–H groups in total. The number of amides is 2. The number of nitrogens with zero attached hydrogens (tertiary/aromatic N) is 1. The smallest absolute Gasteiger partial charge is 0.234 e. The fourth-order valence-electron chi connectivity index (χ4n) is 5.17. The number of rotatable bonds is 5. The van der Waals surface area contributed by atoms with Crippen molar-refractivity contribution in [3.05, 3.63) is 48.6 Å². The van der Waals surface area contributed by atoms with Crippen molar-refractivity contribution in [2.75, 3.05) is 37.8 Å². The maximum absolute atomic E-state index is 13.6. The van der Waals surface area contributed by atoms with Crippen LogP contribution in [0, 0.1) is 11.8 Å². The van der Waals surface area contributed by atoms with Gasteiger partial charge >= 0.3 is 0 Å². The number of carbonyl (C=O) groups is 2. The Balaban J connectivity index is 1.28. The maximum Gasteiger partial charge on any atom is 0.234 e. The maximum atomic E-state index is 13.6. The summed E-state index contributed by atoms with van der Waals surface area (Å²) in [6.07, 6.45) is 3.35. The molecule has 2 fully saturated rings. The molecule has 4 atom stereocenters. The predicted octanol–water partition coefficient (Wildman–Crippen LogP) is 2.36. The molecule has 170 valence electrons. The normalized spacial score (nSPS) is 28.2. The number of hydrogen-bond donors (Lipinski definition) is 1. The Kier molecular flexibility index (Phi) is 4.31. The zero-order valence-electron chi connectivity index (χ0n) is 18.1. The van der Waals surface area contributed by atoms with Gasteiger partial charge in [0.2, 0.25) is 18.6 Å². The first-order chi connectivity index (χ1) is 16.0. The number of carbonyl (C=O) groups excluding carboxylic acids is 2. The Morgan fingerprint density at radius 3 is 2.61 bits per heavy atom. The van der Waals surface area contributed by atoms with E-state index in [-0.39, 0.29) is 18.6 Å². The van der Waals surface area contributed by atoms with Crippen molar-refractivity contribution in [2.45, 2.75) is 11.7 Å². The molecular formula is C24H22N2O7. The van der Waals surface area contributed by atoms with E-state index in [2.05, 4.69) is 5.32 Å². The molecule has 0 aliphatic carbocycles. The van der Waals surface area contributed by atoms with Gasteiger partial charge < -0.3 is 33.9 Å². The molecule has 0 unspecified atom stereocenters. The van der Waals surface area contributed by atoms with Crippen molar-refractivity contribution in [1.82, 2.24) is 0 Å². The van der Waals surface area contributed by atoms with Crippen molar-refractivity contribution in [1.29, 1.82) is 0 Å². The Morgan fingerprint density at radius 2 is 1.85 bits per heavy atom. The van der Waals surface area contributed by atoms with Crippen LogP contribution in [-0.4, -0.2) is 51.1 Å². The van der Waals surface area contributed by atoms with Gasteiger partial charge in [-0.1, -0.05) is 12.2 Å². The number of benzene rings is 2. The van der Waals surface area contributed by atoms with Crippen LogP contribution in [0.4, 0.5) is 11.4 Å². The van der Waals surface area contributed by atoms with E-state index >= 15 is 0 Å². The molecule has 4 aliphatic rings. The van der Waals surface area contributed by atoms with Gasteiger partial charge in [0.05, 0.1) is 38.7 Å². The number of methoxy groups -OCH3 is 2. The van der Waals surface area contributed by atoms with Crippen LogP contribution in [0.1, 0.15) is 0 Å². The molecule has 9 nitrogen and oxygen atoms in total. The molecule has 4 heterocycles. The first-order valence-corrected chi connectivity index (χ1v) is 10.6. The molecule has 2 bridgehead atoms. The van der Waals surface area contributed by atoms with Crippen LogP contribution in [-0.2, 0) is 14.3 Å². The number of anilines is 2. The Labute approximate surface area is 189 Å². The summed E-state index contributed by atoms with van der Waals surface area (Å²) in [7, 11) is 3.08. The number of hydrogen-bond acceptors (Lipinski definition) is 7. The first kappa shape index (κ1) is 19.9. The zero-order valence-corrected chi connectivity index (χ0v) is 18.1. The summed E-state index contributed by atoms with van der Waals surface area (Å²) in [6.45, 7) is 0.490. The lowest BCUT2D eigenvalue weighted by Crippen LogP contribution is -2.41. The minimum absolute atomic E-state index is 0.149. The quantitative estimate of drug-likeness (QED) is 0.699. The van der Waals surface area contributed by atoms with Gasteiger partial charge in [-0.2, -0.15) is 0 Å². The van der Waals surface area contributed by atoms with Crippen molar-refractivity contribution in [3.8, 4) is 23.0 Å². The lowest BCUT2D eigenvalue weighted by Gasteiger charge is -2.23. The van der Waals surface area contributed by atoms with Crippen molar-refractivity contribution < 1.29 is 33.3 Å². The van der Waals surface area contributed by atoms with E-state index in [1.807, 2.05) is 18.2 Å². The van der Waals surface area contributed by atoms with E-state index in [1.54, 1.807) is 49.5 Å². The molecule has 2 aromatic carbocycles. The molecule has 9 heteroatoms. The number of nitrogens with one attached hydrogen (secondary N) is 1. The molecule has 0 saturated carbocycles. The third-order valence-electron chi connectivity index (χ3n) is 6.69. The zero-order chi connectivity index (χ0) is 22.7. The van der Waals surface area contributed by atoms with Crippen molar-refractivity contribution in [3.63, 3.8) is 0 Å². The summed E-state index contributed by atoms with van der Waals surface area (Å²) < 4.78 is 27.6. The average molecular weight is 450 g/mol. The Hall–Kier alpha value is -3.72. The molecule has 0 aromatic heterocycles. The summed E-state index contributed by atoms with van der Waals surface area (Å²) in [5.74, 6) is 0.636. The van der Waals surface area contributed by atoms with E-state index in [9.17, 15) is 9.59 Å². The summed E-state index contributed by atoms with van der Waals surface area (Å²) in [5, 5.41) is 2.92. The largest absolute Gasteiger partial charge is 0.497 e. The van der Waals surface area contributed by atoms with Crippen molar-refractivity contribution in [2.24, 2.45) is 11.8 Å². The van der Waals surface area contributed by atoms with Gasteiger partial charge in [0.15, 0.2) is 11.5 Å². The van der Waals surface area contributed by atoms with Crippen molar-refractivity contribution >= 4 is 23.2 Å². The molecule has 2 aromatic rings. The second kappa shape index (κ2) is 7.14. The van der Waals surface area contributed by atoms with Gasteiger partial charge in [0.1, 0.15) is 17.1 Å². The molecule has 2 amide bonds. The van der Waals surface area contributed by atoms with Crippen LogP contribution in [0.25, 0.3) is 0 Å². The minimum atomic E-state index is -0.827. The number of ether oxygens (including phenoxy) is 5. The van der Waals surface area contributed by atoms with Gasteiger partial charge in [-0.25, -0.2) is 0 Å².